The average molecular weight is 434 g/mol. The number of fused-ring (bicyclic) bond motifs is 1. The molecule has 1 amide bonds. The largest absolute Gasteiger partial charge is 0.383 e. The quantitative estimate of drug-likeness (QED) is 0.640. The van der Waals surface area contributed by atoms with Crippen LogP contribution >= 0.6 is 0 Å². The molecule has 0 aliphatic heterocycles. The van der Waals surface area contributed by atoms with Gasteiger partial charge in [0.25, 0.3) is 11.9 Å². The van der Waals surface area contributed by atoms with Crippen LogP contribution in [0.2, 0.25) is 0 Å². The van der Waals surface area contributed by atoms with Crippen LogP contribution in [0, 0.1) is 18.3 Å². The van der Waals surface area contributed by atoms with Crippen LogP contribution in [0.5, 0.6) is 0 Å². The highest BCUT2D eigenvalue weighted by atomic mass is 16.3. The zero-order chi connectivity index (χ0) is 22.7. The van der Waals surface area contributed by atoms with Gasteiger partial charge in [-0.25, -0.2) is 9.97 Å². The lowest BCUT2D eigenvalue weighted by atomic mass is 9.48. The van der Waals surface area contributed by atoms with Crippen LogP contribution in [0.25, 0.3) is 16.9 Å². The van der Waals surface area contributed by atoms with Crippen LogP contribution in [0.1, 0.15) is 55.6 Å². The van der Waals surface area contributed by atoms with E-state index in [4.69, 9.17) is 0 Å². The number of nitrogens with zero attached hydrogens (tertiary/aromatic N) is 4. The number of benzene rings is 1. The third-order valence-electron chi connectivity index (χ3n) is 6.89. The second kappa shape index (κ2) is 7.20. The number of amides is 1. The molecule has 1 aromatic carbocycles. The smallest absolute Gasteiger partial charge is 0.254 e. The third-order valence-corrected chi connectivity index (χ3v) is 6.89. The predicted octanol–water partition coefficient (Wildman–Crippen LogP) is 2.75. The van der Waals surface area contributed by atoms with Gasteiger partial charge in [-0.05, 0) is 57.9 Å². The van der Waals surface area contributed by atoms with Crippen molar-refractivity contribution >= 4 is 22.6 Å². The first kappa shape index (κ1) is 20.8. The van der Waals surface area contributed by atoms with E-state index in [0.29, 0.717) is 11.5 Å². The van der Waals surface area contributed by atoms with Crippen molar-refractivity contribution in [2.45, 2.75) is 58.1 Å². The minimum atomic E-state index is -1.27. The number of para-hydroxylation sites is 1. The molecule has 166 valence electrons. The van der Waals surface area contributed by atoms with Crippen LogP contribution in [0.15, 0.2) is 36.7 Å². The van der Waals surface area contributed by atoms with Crippen molar-refractivity contribution in [3.8, 4) is 5.95 Å². The molecule has 2 aliphatic rings. The highest BCUT2D eigenvalue weighted by Gasteiger charge is 2.56. The number of hydrogen-bond donors (Lipinski definition) is 2. The van der Waals surface area contributed by atoms with Crippen molar-refractivity contribution in [2.24, 2.45) is 11.3 Å². The first-order valence-corrected chi connectivity index (χ1v) is 11.0. The molecule has 0 atom stereocenters. The van der Waals surface area contributed by atoms with E-state index in [1.54, 1.807) is 18.5 Å². The summed E-state index contributed by atoms with van der Waals surface area (Å²) in [6.07, 6.45) is 6.39. The van der Waals surface area contributed by atoms with E-state index < -0.39 is 5.60 Å². The number of Topliss-reactive ketones (excluding diaryl/α,β-unsaturated/α-hetero) is 1. The lowest BCUT2D eigenvalue weighted by Crippen LogP contribution is -2.58. The highest BCUT2D eigenvalue weighted by molar-refractivity contribution is 5.94. The highest BCUT2D eigenvalue weighted by Crippen LogP contribution is 2.59. The van der Waals surface area contributed by atoms with Gasteiger partial charge in [0.2, 0.25) is 0 Å². The van der Waals surface area contributed by atoms with Crippen molar-refractivity contribution in [3.05, 3.63) is 47.9 Å². The summed E-state index contributed by atoms with van der Waals surface area (Å²) >= 11 is 0. The fraction of sp³-hybridized carbons (Fsp3) is 0.458. The molecular weight excluding hydrogens is 406 g/mol. The maximum absolute atomic E-state index is 12.6. The van der Waals surface area contributed by atoms with E-state index in [2.05, 4.69) is 20.4 Å². The predicted molar refractivity (Wildman–Crippen MR) is 118 cm³/mol. The number of ketones is 1. The lowest BCUT2D eigenvalue weighted by molar-refractivity contribution is -0.151. The van der Waals surface area contributed by atoms with Crippen molar-refractivity contribution in [3.63, 3.8) is 0 Å². The molecule has 2 heterocycles. The molecule has 2 N–H and O–H groups in total. The Hall–Kier alpha value is -3.13. The molecule has 8 nitrogen and oxygen atoms in total. The molecule has 2 aliphatic carbocycles. The van der Waals surface area contributed by atoms with E-state index in [1.165, 1.54) is 12.4 Å². The third kappa shape index (κ3) is 3.48. The second-order valence-electron chi connectivity index (χ2n) is 9.89. The summed E-state index contributed by atoms with van der Waals surface area (Å²) in [5, 5.41) is 18.5. The first-order chi connectivity index (χ1) is 15.2. The number of aryl methyl sites for hydroxylation is 1. The zero-order valence-electron chi connectivity index (χ0n) is 18.5. The lowest BCUT2D eigenvalue weighted by Gasteiger charge is -2.58. The number of rotatable bonds is 5. The van der Waals surface area contributed by atoms with Gasteiger partial charge in [-0.1, -0.05) is 18.2 Å². The van der Waals surface area contributed by atoms with E-state index in [-0.39, 0.29) is 29.1 Å². The number of aromatic nitrogens is 4. The van der Waals surface area contributed by atoms with Crippen molar-refractivity contribution in [1.82, 2.24) is 25.1 Å². The first-order valence-electron chi connectivity index (χ1n) is 11.0. The molecule has 2 saturated carbocycles. The summed E-state index contributed by atoms with van der Waals surface area (Å²) in [6, 6.07) is 7.98. The molecule has 5 rings (SSSR count). The average Bonchev–Trinajstić information content (AvgIpc) is 3.04. The monoisotopic (exact) mass is 433 g/mol. The molecule has 3 aromatic rings. The van der Waals surface area contributed by atoms with E-state index in [9.17, 15) is 14.7 Å². The summed E-state index contributed by atoms with van der Waals surface area (Å²) in [5.41, 5.74) is 1.10. The van der Waals surface area contributed by atoms with Gasteiger partial charge in [-0.3, -0.25) is 9.59 Å². The maximum Gasteiger partial charge on any atom is 0.254 e. The molecule has 0 bridgehead atoms. The van der Waals surface area contributed by atoms with Gasteiger partial charge in [-0.2, -0.15) is 9.78 Å². The zero-order valence-corrected chi connectivity index (χ0v) is 18.5. The van der Waals surface area contributed by atoms with Gasteiger partial charge < -0.3 is 10.4 Å². The Bertz CT molecular complexity index is 1190. The normalized spacial score (nSPS) is 24.8. The van der Waals surface area contributed by atoms with Gasteiger partial charge in [0, 0.05) is 29.7 Å². The van der Waals surface area contributed by atoms with Gasteiger partial charge in [0.1, 0.15) is 5.60 Å². The fourth-order valence-electron chi connectivity index (χ4n) is 5.28. The fourth-order valence-corrected chi connectivity index (χ4v) is 5.28. The van der Waals surface area contributed by atoms with Crippen LogP contribution in [-0.4, -0.2) is 48.2 Å². The van der Waals surface area contributed by atoms with Gasteiger partial charge in [0.15, 0.2) is 5.78 Å². The summed E-state index contributed by atoms with van der Waals surface area (Å²) in [5.74, 6) is 0.0920. The van der Waals surface area contributed by atoms with Crippen molar-refractivity contribution in [2.75, 3.05) is 0 Å². The molecule has 2 aromatic heterocycles. The van der Waals surface area contributed by atoms with Crippen LogP contribution in [0.4, 0.5) is 0 Å². The minimum absolute atomic E-state index is 0.0605. The number of carbonyl (C=O) groups is 2. The van der Waals surface area contributed by atoms with Crippen LogP contribution in [0.3, 0.4) is 0 Å². The van der Waals surface area contributed by atoms with Gasteiger partial charge in [-0.15, -0.1) is 0 Å². The summed E-state index contributed by atoms with van der Waals surface area (Å²) < 4.78 is 1.68. The number of nitrogens with one attached hydrogen (secondary N) is 1. The number of aliphatic hydroxyl groups is 1. The summed E-state index contributed by atoms with van der Waals surface area (Å²) in [6.45, 7) is 5.04. The molecule has 2 fully saturated rings. The number of carbonyl (C=O) groups excluding carboxylic acids is 2. The molecule has 1 spiro atoms. The second-order valence-corrected chi connectivity index (χ2v) is 9.89. The topological polar surface area (TPSA) is 110 Å². The van der Waals surface area contributed by atoms with Gasteiger partial charge >= 0.3 is 0 Å². The Labute approximate surface area is 186 Å². The van der Waals surface area contributed by atoms with E-state index in [1.807, 2.05) is 31.2 Å². The molecular formula is C24H27N5O3. The Morgan fingerprint density at radius 3 is 2.44 bits per heavy atom. The number of hydrogen-bond acceptors (Lipinski definition) is 6. The summed E-state index contributed by atoms with van der Waals surface area (Å²) in [7, 11) is 0. The molecule has 32 heavy (non-hydrogen) atoms. The minimum Gasteiger partial charge on any atom is -0.383 e. The Morgan fingerprint density at radius 1 is 1.12 bits per heavy atom. The maximum atomic E-state index is 12.6. The molecule has 8 heteroatoms. The molecule has 0 unspecified atom stereocenters. The van der Waals surface area contributed by atoms with E-state index >= 15 is 0 Å². The standard InChI is InChI=1S/C24H27N5O3/c1-14-18-6-4-5-7-19(18)29(28-14)22-25-12-16(13-26-22)21(31)27-17-10-24(11-17)8-15(9-24)20(30)23(2,3)32/h4-7,12-13,15,17,32H,8-11H2,1-3H3,(H,27,31). The van der Waals surface area contributed by atoms with Gasteiger partial charge in [0.05, 0.1) is 16.8 Å². The Balaban J connectivity index is 1.19. The van der Waals surface area contributed by atoms with Crippen LogP contribution < -0.4 is 5.32 Å². The van der Waals surface area contributed by atoms with Crippen molar-refractivity contribution < 1.29 is 14.7 Å². The Kier molecular flexibility index (Phi) is 4.67. The SMILES string of the molecule is Cc1nn(-c2ncc(C(=O)NC3CC4(C3)CC(C(=O)C(C)(C)O)C4)cn2)c2ccccc12. The Morgan fingerprint density at radius 2 is 1.78 bits per heavy atom. The molecule has 0 radical (unpaired) electrons. The molecule has 0 saturated heterocycles. The van der Waals surface area contributed by atoms with Crippen LogP contribution in [-0.2, 0) is 4.79 Å². The van der Waals surface area contributed by atoms with Crippen molar-refractivity contribution in [1.29, 1.82) is 0 Å². The van der Waals surface area contributed by atoms with E-state index in [0.717, 1.165) is 42.3 Å². The summed E-state index contributed by atoms with van der Waals surface area (Å²) in [4.78, 5) is 33.5.